The molecule has 0 spiro atoms. The van der Waals surface area contributed by atoms with Crippen LogP contribution in [0.2, 0.25) is 0 Å². The number of aliphatic hydroxyl groups excluding tert-OH is 1. The van der Waals surface area contributed by atoms with E-state index in [1.165, 1.54) is 16.7 Å². The van der Waals surface area contributed by atoms with Crippen LogP contribution in [-0.2, 0) is 0 Å². The van der Waals surface area contributed by atoms with Gasteiger partial charge in [0.25, 0.3) is 0 Å². The minimum absolute atomic E-state index is 0.345. The number of rotatable bonds is 1. The van der Waals surface area contributed by atoms with Crippen molar-refractivity contribution < 1.29 is 5.11 Å². The van der Waals surface area contributed by atoms with Crippen molar-refractivity contribution in [3.63, 3.8) is 0 Å². The monoisotopic (exact) mass is 288 g/mol. The summed E-state index contributed by atoms with van der Waals surface area (Å²) in [6.45, 7) is 11.0. The molecule has 21 heavy (non-hydrogen) atoms. The molecule has 0 bridgehead atoms. The van der Waals surface area contributed by atoms with E-state index in [1.807, 2.05) is 6.08 Å². The van der Waals surface area contributed by atoms with Gasteiger partial charge in [-0.3, -0.25) is 0 Å². The Morgan fingerprint density at radius 2 is 1.81 bits per heavy atom. The van der Waals surface area contributed by atoms with Crippen molar-refractivity contribution in [3.05, 3.63) is 47.1 Å². The summed E-state index contributed by atoms with van der Waals surface area (Å²) in [4.78, 5) is 0. The molecule has 0 saturated carbocycles. The first-order chi connectivity index (χ1) is 9.88. The molecule has 1 nitrogen and oxygen atoms in total. The minimum Gasteiger partial charge on any atom is -0.389 e. The van der Waals surface area contributed by atoms with Gasteiger partial charge in [-0.15, -0.1) is 0 Å². The number of aliphatic hydroxyl groups is 1. The topological polar surface area (TPSA) is 20.2 Å². The Morgan fingerprint density at radius 1 is 1.10 bits per heavy atom. The van der Waals surface area contributed by atoms with E-state index in [2.05, 4.69) is 58.9 Å². The van der Waals surface area contributed by atoms with Crippen LogP contribution < -0.4 is 0 Å². The summed E-state index contributed by atoms with van der Waals surface area (Å²) in [5.74, 6) is 1.26. The summed E-state index contributed by atoms with van der Waals surface area (Å²) in [7, 11) is 0. The average Bonchev–Trinajstić information content (AvgIpc) is 2.36. The molecule has 0 aromatic rings. The summed E-state index contributed by atoms with van der Waals surface area (Å²) in [6.07, 6.45) is 14.7. The summed E-state index contributed by atoms with van der Waals surface area (Å²) in [5.41, 5.74) is 3.89. The normalized spacial score (nSPS) is 34.9. The van der Waals surface area contributed by atoms with E-state index in [0.717, 1.165) is 25.7 Å². The Balaban J connectivity index is 2.94. The van der Waals surface area contributed by atoms with Gasteiger partial charge in [-0.1, -0.05) is 60.9 Å². The van der Waals surface area contributed by atoms with Crippen molar-refractivity contribution in [2.75, 3.05) is 0 Å². The standard InChI is InChI=1S/C20H32O/c1-15(2)19-11-9-16(3)7-6-8-17(4)13-20(21)14-18(5)10-12-19/h7-9,11,14-15,19-21H,6,10,12-13H2,1-5H3/b11-9+,16-7-,17-8+,18-14+/t19-,20+/m0/s1. The van der Waals surface area contributed by atoms with Crippen molar-refractivity contribution in [3.8, 4) is 0 Å². The molecule has 0 radical (unpaired) electrons. The SMILES string of the molecule is CC1=C/C/C=C(\C)C[C@@H](O)/C=C(\C)CC[C@@H](C(C)C)\C=C\1. The van der Waals surface area contributed by atoms with Crippen molar-refractivity contribution >= 4 is 0 Å². The Bertz CT molecular complexity index is 435. The van der Waals surface area contributed by atoms with E-state index in [9.17, 15) is 5.11 Å². The van der Waals surface area contributed by atoms with Crippen molar-refractivity contribution in [2.24, 2.45) is 11.8 Å². The highest BCUT2D eigenvalue weighted by atomic mass is 16.3. The lowest BCUT2D eigenvalue weighted by atomic mass is 9.88. The highest BCUT2D eigenvalue weighted by Crippen LogP contribution is 2.23. The van der Waals surface area contributed by atoms with Crippen LogP contribution in [0.3, 0.4) is 0 Å². The summed E-state index contributed by atoms with van der Waals surface area (Å²) in [5, 5.41) is 10.1. The molecule has 1 N–H and O–H groups in total. The van der Waals surface area contributed by atoms with Gasteiger partial charge >= 0.3 is 0 Å². The Hall–Kier alpha value is -1.08. The molecular weight excluding hydrogens is 256 g/mol. The van der Waals surface area contributed by atoms with Crippen molar-refractivity contribution in [2.45, 2.75) is 66.4 Å². The predicted octanol–water partition coefficient (Wildman–Crippen LogP) is 5.59. The smallest absolute Gasteiger partial charge is 0.0760 e. The second-order valence-corrected chi connectivity index (χ2v) is 6.82. The van der Waals surface area contributed by atoms with Gasteiger partial charge in [0, 0.05) is 0 Å². The lowest BCUT2D eigenvalue weighted by Gasteiger charge is -2.18. The van der Waals surface area contributed by atoms with Gasteiger partial charge in [0.1, 0.15) is 0 Å². The van der Waals surface area contributed by atoms with Gasteiger partial charge in [0.05, 0.1) is 6.10 Å². The third kappa shape index (κ3) is 7.47. The Morgan fingerprint density at radius 3 is 2.48 bits per heavy atom. The maximum Gasteiger partial charge on any atom is 0.0760 e. The van der Waals surface area contributed by atoms with Crippen LogP contribution in [0.15, 0.2) is 47.1 Å². The molecule has 0 heterocycles. The van der Waals surface area contributed by atoms with E-state index in [0.29, 0.717) is 11.8 Å². The maximum absolute atomic E-state index is 10.1. The number of hydrogen-bond donors (Lipinski definition) is 1. The second kappa shape index (κ2) is 9.04. The maximum atomic E-state index is 10.1. The molecule has 0 aromatic carbocycles. The third-order valence-corrected chi connectivity index (χ3v) is 4.25. The first kappa shape index (κ1) is 18.0. The van der Waals surface area contributed by atoms with Crippen LogP contribution in [0.25, 0.3) is 0 Å². The number of allylic oxidation sites excluding steroid dienone is 6. The van der Waals surface area contributed by atoms with Crippen LogP contribution in [0.1, 0.15) is 60.3 Å². The predicted molar refractivity (Wildman–Crippen MR) is 93.2 cm³/mol. The van der Waals surface area contributed by atoms with Crippen LogP contribution in [0.4, 0.5) is 0 Å². The van der Waals surface area contributed by atoms with E-state index in [-0.39, 0.29) is 6.10 Å². The van der Waals surface area contributed by atoms with E-state index in [4.69, 9.17) is 0 Å². The second-order valence-electron chi connectivity index (χ2n) is 6.82. The fourth-order valence-corrected chi connectivity index (χ4v) is 2.72. The van der Waals surface area contributed by atoms with Gasteiger partial charge in [-0.05, 0) is 58.3 Å². The fraction of sp³-hybridized carbons (Fsp3) is 0.600. The molecule has 0 saturated heterocycles. The van der Waals surface area contributed by atoms with Gasteiger partial charge in [0.2, 0.25) is 0 Å². The third-order valence-electron chi connectivity index (χ3n) is 4.25. The molecule has 1 heteroatoms. The number of hydrogen-bond acceptors (Lipinski definition) is 1. The molecule has 0 aliphatic heterocycles. The lowest BCUT2D eigenvalue weighted by molar-refractivity contribution is 0.222. The van der Waals surface area contributed by atoms with Gasteiger partial charge in [-0.2, -0.15) is 0 Å². The van der Waals surface area contributed by atoms with E-state index < -0.39 is 0 Å². The largest absolute Gasteiger partial charge is 0.389 e. The summed E-state index contributed by atoms with van der Waals surface area (Å²) < 4.78 is 0. The van der Waals surface area contributed by atoms with Gasteiger partial charge in [-0.25, -0.2) is 0 Å². The Labute approximate surface area is 131 Å². The fourth-order valence-electron chi connectivity index (χ4n) is 2.72. The molecule has 0 amide bonds. The lowest BCUT2D eigenvalue weighted by Crippen LogP contribution is -2.07. The quantitative estimate of drug-likeness (QED) is 0.624. The zero-order valence-electron chi connectivity index (χ0n) is 14.4. The molecule has 0 aromatic heterocycles. The molecule has 1 rings (SSSR count). The molecular formula is C20H32O. The zero-order valence-corrected chi connectivity index (χ0v) is 14.4. The highest BCUT2D eigenvalue weighted by Gasteiger charge is 2.11. The average molecular weight is 288 g/mol. The molecule has 1 aliphatic carbocycles. The Kier molecular flexibility index (Phi) is 7.74. The molecule has 2 atom stereocenters. The van der Waals surface area contributed by atoms with Crippen LogP contribution in [0, 0.1) is 11.8 Å². The molecule has 1 aliphatic rings. The zero-order chi connectivity index (χ0) is 15.8. The van der Waals surface area contributed by atoms with E-state index >= 15 is 0 Å². The highest BCUT2D eigenvalue weighted by molar-refractivity contribution is 5.19. The van der Waals surface area contributed by atoms with Crippen molar-refractivity contribution in [1.82, 2.24) is 0 Å². The van der Waals surface area contributed by atoms with E-state index in [1.54, 1.807) is 0 Å². The molecule has 118 valence electrons. The van der Waals surface area contributed by atoms with Gasteiger partial charge < -0.3 is 5.11 Å². The molecule has 0 fully saturated rings. The summed E-state index contributed by atoms with van der Waals surface area (Å²) in [6, 6.07) is 0. The molecule has 0 unspecified atom stereocenters. The first-order valence-corrected chi connectivity index (χ1v) is 8.24. The van der Waals surface area contributed by atoms with Crippen molar-refractivity contribution in [1.29, 1.82) is 0 Å². The first-order valence-electron chi connectivity index (χ1n) is 8.24. The van der Waals surface area contributed by atoms with Crippen LogP contribution in [0.5, 0.6) is 0 Å². The van der Waals surface area contributed by atoms with Crippen LogP contribution in [-0.4, -0.2) is 11.2 Å². The minimum atomic E-state index is -0.345. The van der Waals surface area contributed by atoms with Crippen LogP contribution >= 0.6 is 0 Å². The summed E-state index contributed by atoms with van der Waals surface area (Å²) >= 11 is 0. The van der Waals surface area contributed by atoms with Gasteiger partial charge in [0.15, 0.2) is 0 Å².